The molecule has 92 valence electrons. The Bertz CT molecular complexity index is 434. The van der Waals surface area contributed by atoms with Crippen molar-refractivity contribution < 1.29 is 14.6 Å². The minimum absolute atomic E-state index is 0.0370. The Morgan fingerprint density at radius 2 is 1.82 bits per heavy atom. The Balaban J connectivity index is 2.76. The van der Waals surface area contributed by atoms with Gasteiger partial charge in [0.1, 0.15) is 0 Å². The van der Waals surface area contributed by atoms with Gasteiger partial charge in [-0.25, -0.2) is 9.68 Å². The summed E-state index contributed by atoms with van der Waals surface area (Å²) in [5.41, 5.74) is 0.284. The van der Waals surface area contributed by atoms with Crippen LogP contribution >= 0.6 is 34.8 Å². The maximum atomic E-state index is 11.3. The van der Waals surface area contributed by atoms with E-state index in [4.69, 9.17) is 39.7 Å². The highest BCUT2D eigenvalue weighted by Crippen LogP contribution is 2.35. The van der Waals surface area contributed by atoms with E-state index >= 15 is 0 Å². The van der Waals surface area contributed by atoms with Gasteiger partial charge in [0.15, 0.2) is 0 Å². The third-order valence-electron chi connectivity index (χ3n) is 1.88. The molecule has 0 aromatic heterocycles. The molecule has 0 N–H and O–H groups in total. The lowest BCUT2D eigenvalue weighted by Gasteiger charge is -2.08. The molecule has 0 aliphatic heterocycles. The Hall–Kier alpha value is -0.900. The summed E-state index contributed by atoms with van der Waals surface area (Å²) in [7, 11) is 0. The van der Waals surface area contributed by atoms with Crippen molar-refractivity contribution in [1.82, 2.24) is 0 Å². The monoisotopic (exact) mass is 294 g/mol. The average Bonchev–Trinajstić information content (AvgIpc) is 2.26. The van der Waals surface area contributed by atoms with E-state index in [0.29, 0.717) is 11.4 Å². The molecule has 0 heterocycles. The number of halogens is 3. The molecule has 0 saturated carbocycles. The van der Waals surface area contributed by atoms with Crippen molar-refractivity contribution in [2.45, 2.75) is 13.3 Å². The minimum atomic E-state index is -0.672. The van der Waals surface area contributed by atoms with Gasteiger partial charge in [-0.2, -0.15) is 0 Å². The lowest BCUT2D eigenvalue weighted by molar-refractivity contribution is -0.208. The second kappa shape index (κ2) is 6.15. The van der Waals surface area contributed by atoms with Crippen LogP contribution in [0, 0.1) is 0 Å². The number of benzene rings is 1. The van der Waals surface area contributed by atoms with Crippen LogP contribution in [-0.2, 0) is 9.68 Å². The van der Waals surface area contributed by atoms with Gasteiger partial charge in [-0.05, 0) is 18.6 Å². The van der Waals surface area contributed by atoms with Gasteiger partial charge in [0.25, 0.3) is 0 Å². The van der Waals surface area contributed by atoms with E-state index in [2.05, 4.69) is 11.5 Å². The van der Waals surface area contributed by atoms with Crippen LogP contribution in [0.1, 0.15) is 13.3 Å². The fourth-order valence-electron chi connectivity index (χ4n) is 0.891. The summed E-state index contributed by atoms with van der Waals surface area (Å²) < 4.78 is 0. The van der Waals surface area contributed by atoms with E-state index in [1.54, 1.807) is 6.92 Å². The fourth-order valence-corrected chi connectivity index (χ4v) is 1.77. The fraction of sp³-hybridized carbons (Fsp3) is 0.182. The first-order valence-electron chi connectivity index (χ1n) is 4.66. The van der Waals surface area contributed by atoms with E-state index in [9.17, 15) is 4.79 Å². The highest BCUT2D eigenvalue weighted by molar-refractivity contribution is 6.40. The number of carbonyl (C=O) groups is 1. The second-order valence-corrected chi connectivity index (χ2v) is 4.36. The predicted octanol–water partition coefficient (Wildman–Crippen LogP) is 4.45. The number of carbonyl (C=O) groups excluding carboxylic acids is 1. The van der Waals surface area contributed by atoms with Crippen molar-refractivity contribution >= 4 is 40.8 Å². The van der Waals surface area contributed by atoms with Gasteiger partial charge in [0, 0.05) is 10.6 Å². The van der Waals surface area contributed by atoms with Crippen molar-refractivity contribution in [2.24, 2.45) is 0 Å². The number of hydrogen-bond acceptors (Lipinski definition) is 3. The quantitative estimate of drug-likeness (QED) is 0.468. The predicted molar refractivity (Wildman–Crippen MR) is 67.6 cm³/mol. The summed E-state index contributed by atoms with van der Waals surface area (Å²) in [5.74, 6) is -0.635. The molecule has 0 atom stereocenters. The molecule has 1 aromatic rings. The molecule has 1 rings (SSSR count). The normalized spacial score (nSPS) is 9.88. The zero-order chi connectivity index (χ0) is 13.0. The molecule has 0 fully saturated rings. The van der Waals surface area contributed by atoms with Crippen molar-refractivity contribution in [3.05, 3.63) is 39.4 Å². The highest BCUT2D eigenvalue weighted by Gasteiger charge is 2.14. The molecule has 0 aliphatic carbocycles. The van der Waals surface area contributed by atoms with Gasteiger partial charge in [0.05, 0.1) is 10.0 Å². The third-order valence-corrected chi connectivity index (χ3v) is 2.66. The lowest BCUT2D eigenvalue weighted by atomic mass is 10.2. The first-order chi connectivity index (χ1) is 7.95. The lowest BCUT2D eigenvalue weighted by Crippen LogP contribution is -2.10. The van der Waals surface area contributed by atoms with Crippen molar-refractivity contribution in [3.63, 3.8) is 0 Å². The van der Waals surface area contributed by atoms with Crippen LogP contribution in [-0.4, -0.2) is 5.97 Å². The van der Waals surface area contributed by atoms with Gasteiger partial charge in [-0.3, -0.25) is 4.89 Å². The standard InChI is InChI=1S/C11H9Cl3O3/c1-3-6(2)11(15)17-16-10-8(13)4-7(12)5-9(10)14/h4-5H,2-3H2,1H3. The summed E-state index contributed by atoms with van der Waals surface area (Å²) >= 11 is 17.4. The Morgan fingerprint density at radius 3 is 2.29 bits per heavy atom. The van der Waals surface area contributed by atoms with Crippen molar-refractivity contribution in [1.29, 1.82) is 0 Å². The number of hydrogen-bond donors (Lipinski definition) is 0. The van der Waals surface area contributed by atoms with Gasteiger partial charge in [-0.15, -0.1) is 0 Å². The largest absolute Gasteiger partial charge is 0.381 e. The minimum Gasteiger partial charge on any atom is -0.283 e. The summed E-state index contributed by atoms with van der Waals surface area (Å²) in [6, 6.07) is 2.85. The van der Waals surface area contributed by atoms with Crippen LogP contribution in [0.25, 0.3) is 0 Å². The Morgan fingerprint density at radius 1 is 1.29 bits per heavy atom. The van der Waals surface area contributed by atoms with Gasteiger partial charge in [0.2, 0.25) is 5.75 Å². The summed E-state index contributed by atoms with van der Waals surface area (Å²) in [6.07, 6.45) is 0.463. The topological polar surface area (TPSA) is 35.5 Å². The molecule has 17 heavy (non-hydrogen) atoms. The molecule has 0 saturated heterocycles. The maximum absolute atomic E-state index is 11.3. The molecule has 3 nitrogen and oxygen atoms in total. The molecule has 0 bridgehead atoms. The maximum Gasteiger partial charge on any atom is 0.381 e. The van der Waals surface area contributed by atoms with Crippen LogP contribution in [0.3, 0.4) is 0 Å². The van der Waals surface area contributed by atoms with E-state index in [1.165, 1.54) is 12.1 Å². The molecule has 0 amide bonds. The van der Waals surface area contributed by atoms with Crippen molar-refractivity contribution in [3.8, 4) is 5.75 Å². The van der Waals surface area contributed by atoms with E-state index in [1.807, 2.05) is 0 Å². The van der Waals surface area contributed by atoms with E-state index < -0.39 is 5.97 Å². The molecule has 0 aliphatic rings. The molecular formula is C11H9Cl3O3. The van der Waals surface area contributed by atoms with Crippen LogP contribution in [0.15, 0.2) is 24.3 Å². The molecule has 1 aromatic carbocycles. The summed E-state index contributed by atoms with van der Waals surface area (Å²) in [4.78, 5) is 20.6. The van der Waals surface area contributed by atoms with Crippen LogP contribution in [0.5, 0.6) is 5.75 Å². The zero-order valence-corrected chi connectivity index (χ0v) is 11.2. The van der Waals surface area contributed by atoms with Crippen LogP contribution < -0.4 is 4.89 Å². The van der Waals surface area contributed by atoms with Gasteiger partial charge < -0.3 is 0 Å². The van der Waals surface area contributed by atoms with Gasteiger partial charge in [-0.1, -0.05) is 48.3 Å². The summed E-state index contributed by atoms with van der Waals surface area (Å²) in [5, 5.41) is 0.659. The smallest absolute Gasteiger partial charge is 0.283 e. The van der Waals surface area contributed by atoms with Crippen LogP contribution in [0.2, 0.25) is 15.1 Å². The first kappa shape index (κ1) is 14.2. The molecule has 6 heteroatoms. The Labute approximate surface area is 114 Å². The van der Waals surface area contributed by atoms with Crippen LogP contribution in [0.4, 0.5) is 0 Å². The first-order valence-corrected chi connectivity index (χ1v) is 5.80. The average molecular weight is 296 g/mol. The molecule has 0 unspecified atom stereocenters. The second-order valence-electron chi connectivity index (χ2n) is 3.11. The summed E-state index contributed by atoms with van der Waals surface area (Å²) in [6.45, 7) is 5.27. The zero-order valence-electron chi connectivity index (χ0n) is 8.93. The highest BCUT2D eigenvalue weighted by atomic mass is 35.5. The molecule has 0 radical (unpaired) electrons. The molecule has 0 spiro atoms. The third kappa shape index (κ3) is 3.80. The Kier molecular flexibility index (Phi) is 5.12. The van der Waals surface area contributed by atoms with Crippen molar-refractivity contribution in [2.75, 3.05) is 0 Å². The van der Waals surface area contributed by atoms with Gasteiger partial charge >= 0.3 is 5.97 Å². The SMILES string of the molecule is C=C(CC)C(=O)OOc1c(Cl)cc(Cl)cc1Cl. The molecular weight excluding hydrogens is 286 g/mol. The van der Waals surface area contributed by atoms with E-state index in [0.717, 1.165) is 0 Å². The number of rotatable bonds is 4. The van der Waals surface area contributed by atoms with E-state index in [-0.39, 0.29) is 21.4 Å².